The number of para-hydroxylation sites is 2. The van der Waals surface area contributed by atoms with Crippen LogP contribution in [0.25, 0.3) is 11.0 Å². The molecule has 1 aliphatic heterocycles. The van der Waals surface area contributed by atoms with Crippen LogP contribution < -0.4 is 9.62 Å². The second-order valence-electron chi connectivity index (χ2n) is 6.50. The molecule has 0 atom stereocenters. The largest absolute Gasteiger partial charge is 0.352 e. The summed E-state index contributed by atoms with van der Waals surface area (Å²) in [5, 5.41) is 2.86. The van der Waals surface area contributed by atoms with Crippen molar-refractivity contribution in [1.29, 1.82) is 0 Å². The van der Waals surface area contributed by atoms with Crippen LogP contribution in [0.15, 0.2) is 48.5 Å². The average Bonchev–Trinajstić information content (AvgIpc) is 3.23. The van der Waals surface area contributed by atoms with Crippen molar-refractivity contribution < 1.29 is 13.2 Å². The number of benzene rings is 2. The predicted octanol–water partition coefficient (Wildman–Crippen LogP) is 2.08. The number of carbonyl (C=O) groups is 1. The van der Waals surface area contributed by atoms with Gasteiger partial charge in [0.05, 0.1) is 22.5 Å². The maximum Gasteiger partial charge on any atom is 0.251 e. The summed E-state index contributed by atoms with van der Waals surface area (Å²) in [6.45, 7) is 0.893. The molecule has 2 N–H and O–H groups in total. The Hall–Kier alpha value is -2.87. The van der Waals surface area contributed by atoms with Crippen LogP contribution in [-0.2, 0) is 16.4 Å². The zero-order valence-electron chi connectivity index (χ0n) is 14.7. The van der Waals surface area contributed by atoms with Gasteiger partial charge in [0.2, 0.25) is 10.0 Å². The van der Waals surface area contributed by atoms with Crippen LogP contribution in [0, 0.1) is 0 Å². The smallest absolute Gasteiger partial charge is 0.251 e. The molecular weight excluding hydrogens is 364 g/mol. The number of nitrogens with one attached hydrogen (secondary N) is 2. The van der Waals surface area contributed by atoms with Gasteiger partial charge in [0, 0.05) is 25.1 Å². The van der Waals surface area contributed by atoms with Gasteiger partial charge >= 0.3 is 0 Å². The third-order valence-electron chi connectivity index (χ3n) is 4.58. The molecule has 0 saturated carbocycles. The number of aromatic amines is 1. The second-order valence-corrected chi connectivity index (χ2v) is 8.51. The summed E-state index contributed by atoms with van der Waals surface area (Å²) in [6.07, 6.45) is 1.19. The van der Waals surface area contributed by atoms with E-state index >= 15 is 0 Å². The van der Waals surface area contributed by atoms with Crippen LogP contribution in [0.1, 0.15) is 22.6 Å². The Morgan fingerprint density at radius 2 is 2.04 bits per heavy atom. The van der Waals surface area contributed by atoms with E-state index in [2.05, 4.69) is 15.3 Å². The molecule has 0 unspecified atom stereocenters. The number of sulfonamides is 1. The van der Waals surface area contributed by atoms with Crippen molar-refractivity contribution in [3.8, 4) is 0 Å². The molecule has 0 radical (unpaired) electrons. The Morgan fingerprint density at radius 3 is 2.81 bits per heavy atom. The molecular formula is C19H20N4O3S. The number of nitrogens with zero attached hydrogens (tertiary/aromatic N) is 2. The number of amides is 1. The van der Waals surface area contributed by atoms with Crippen molar-refractivity contribution in [3.05, 3.63) is 59.9 Å². The highest BCUT2D eigenvalue weighted by atomic mass is 32.2. The normalized spacial score (nSPS) is 15.9. The van der Waals surface area contributed by atoms with Crippen molar-refractivity contribution in [3.63, 3.8) is 0 Å². The zero-order chi connectivity index (χ0) is 18.9. The van der Waals surface area contributed by atoms with Crippen LogP contribution in [0.4, 0.5) is 5.69 Å². The average molecular weight is 384 g/mol. The van der Waals surface area contributed by atoms with Gasteiger partial charge in [0.15, 0.2) is 0 Å². The Morgan fingerprint density at radius 1 is 1.19 bits per heavy atom. The van der Waals surface area contributed by atoms with E-state index in [-0.39, 0.29) is 11.7 Å². The van der Waals surface area contributed by atoms with Gasteiger partial charge < -0.3 is 10.3 Å². The molecule has 4 rings (SSSR count). The fourth-order valence-electron chi connectivity index (χ4n) is 3.25. The molecule has 2 aromatic carbocycles. The molecule has 1 saturated heterocycles. The Kier molecular flexibility index (Phi) is 4.57. The first kappa shape index (κ1) is 17.5. The second kappa shape index (κ2) is 7.03. The molecule has 1 aromatic heterocycles. The minimum absolute atomic E-state index is 0.154. The lowest BCUT2D eigenvalue weighted by Crippen LogP contribution is -2.27. The fraction of sp³-hybridized carbons (Fsp3) is 0.263. The first-order valence-electron chi connectivity index (χ1n) is 8.85. The molecule has 1 aliphatic rings. The van der Waals surface area contributed by atoms with E-state index in [1.165, 1.54) is 4.31 Å². The summed E-state index contributed by atoms with van der Waals surface area (Å²) >= 11 is 0. The van der Waals surface area contributed by atoms with E-state index in [0.29, 0.717) is 37.2 Å². The lowest BCUT2D eigenvalue weighted by atomic mass is 10.2. The molecule has 0 bridgehead atoms. The third kappa shape index (κ3) is 3.66. The Bertz CT molecular complexity index is 1060. The van der Waals surface area contributed by atoms with Gasteiger partial charge in [0.1, 0.15) is 5.82 Å². The van der Waals surface area contributed by atoms with Crippen molar-refractivity contribution >= 4 is 32.7 Å². The molecule has 8 heteroatoms. The minimum Gasteiger partial charge on any atom is -0.352 e. The van der Waals surface area contributed by atoms with Gasteiger partial charge in [0.25, 0.3) is 5.91 Å². The quantitative estimate of drug-likeness (QED) is 0.704. The lowest BCUT2D eigenvalue weighted by Gasteiger charge is -2.17. The van der Waals surface area contributed by atoms with E-state index < -0.39 is 10.0 Å². The lowest BCUT2D eigenvalue weighted by molar-refractivity contribution is 0.0954. The van der Waals surface area contributed by atoms with Crippen molar-refractivity contribution in [2.24, 2.45) is 0 Å². The van der Waals surface area contributed by atoms with Crippen molar-refractivity contribution in [2.45, 2.75) is 12.8 Å². The van der Waals surface area contributed by atoms with Crippen molar-refractivity contribution in [1.82, 2.24) is 15.3 Å². The van der Waals surface area contributed by atoms with Crippen LogP contribution in [0.2, 0.25) is 0 Å². The van der Waals surface area contributed by atoms with Gasteiger partial charge in [-0.05, 0) is 36.8 Å². The Balaban J connectivity index is 1.40. The highest BCUT2D eigenvalue weighted by molar-refractivity contribution is 7.93. The number of hydrogen-bond acceptors (Lipinski definition) is 4. The SMILES string of the molecule is O=C(NCCc1nc2ccccc2[nH]1)c1cccc(N2CCCS2(=O)=O)c1. The number of rotatable bonds is 5. The van der Waals surface area contributed by atoms with Crippen LogP contribution >= 0.6 is 0 Å². The number of imidazole rings is 1. The Labute approximate surface area is 157 Å². The molecule has 7 nitrogen and oxygen atoms in total. The summed E-state index contributed by atoms with van der Waals surface area (Å²) in [5.41, 5.74) is 2.85. The molecule has 0 spiro atoms. The van der Waals surface area contributed by atoms with Crippen molar-refractivity contribution in [2.75, 3.05) is 23.1 Å². The summed E-state index contributed by atoms with van der Waals surface area (Å²) in [6, 6.07) is 14.5. The summed E-state index contributed by atoms with van der Waals surface area (Å²) in [4.78, 5) is 20.1. The summed E-state index contributed by atoms with van der Waals surface area (Å²) in [5.74, 6) is 0.735. The molecule has 0 aliphatic carbocycles. The molecule has 140 valence electrons. The molecule has 2 heterocycles. The van der Waals surface area contributed by atoms with E-state index in [9.17, 15) is 13.2 Å². The third-order valence-corrected chi connectivity index (χ3v) is 6.45. The van der Waals surface area contributed by atoms with Crippen LogP contribution in [0.5, 0.6) is 0 Å². The number of hydrogen-bond donors (Lipinski definition) is 2. The monoisotopic (exact) mass is 384 g/mol. The number of anilines is 1. The van der Waals surface area contributed by atoms with Gasteiger partial charge in [-0.2, -0.15) is 0 Å². The van der Waals surface area contributed by atoms with E-state index in [4.69, 9.17) is 0 Å². The number of aromatic nitrogens is 2. The first-order chi connectivity index (χ1) is 13.0. The van der Waals surface area contributed by atoms with E-state index in [1.807, 2.05) is 24.3 Å². The maximum absolute atomic E-state index is 12.4. The number of carbonyl (C=O) groups excluding carboxylic acids is 1. The number of fused-ring (bicyclic) bond motifs is 1. The summed E-state index contributed by atoms with van der Waals surface area (Å²) < 4.78 is 25.5. The highest BCUT2D eigenvalue weighted by Gasteiger charge is 2.28. The molecule has 1 amide bonds. The van der Waals surface area contributed by atoms with Crippen LogP contribution in [0.3, 0.4) is 0 Å². The molecule has 27 heavy (non-hydrogen) atoms. The summed E-state index contributed by atoms with van der Waals surface area (Å²) in [7, 11) is -3.26. The van der Waals surface area contributed by atoms with E-state index in [1.54, 1.807) is 24.3 Å². The highest BCUT2D eigenvalue weighted by Crippen LogP contribution is 2.24. The van der Waals surface area contributed by atoms with Crippen LogP contribution in [-0.4, -0.2) is 43.1 Å². The standard InChI is InChI=1S/C19H20N4O3S/c24-19(20-10-9-18-21-16-7-1-2-8-17(16)22-18)14-5-3-6-15(13-14)23-11-4-12-27(23,25)26/h1-3,5-8,13H,4,9-12H2,(H,20,24)(H,21,22). The topological polar surface area (TPSA) is 95.2 Å². The minimum atomic E-state index is -3.26. The zero-order valence-corrected chi connectivity index (χ0v) is 15.5. The number of H-pyrrole nitrogens is 1. The van der Waals surface area contributed by atoms with Gasteiger partial charge in [-0.25, -0.2) is 13.4 Å². The maximum atomic E-state index is 12.4. The predicted molar refractivity (Wildman–Crippen MR) is 104 cm³/mol. The van der Waals surface area contributed by atoms with Gasteiger partial charge in [-0.1, -0.05) is 18.2 Å². The first-order valence-corrected chi connectivity index (χ1v) is 10.5. The molecule has 1 fully saturated rings. The van der Waals surface area contributed by atoms with Gasteiger partial charge in [-0.3, -0.25) is 9.10 Å². The van der Waals surface area contributed by atoms with E-state index in [0.717, 1.165) is 16.9 Å². The fourth-order valence-corrected chi connectivity index (χ4v) is 4.81. The van der Waals surface area contributed by atoms with Gasteiger partial charge in [-0.15, -0.1) is 0 Å². The molecule has 3 aromatic rings.